The molecule has 0 aromatic carbocycles. The quantitative estimate of drug-likeness (QED) is 0.659. The standard InChI is InChI=1S/C13H20BN3O2S/c1-12(2)13(3,4)19-14(18-12)9(8-20)7-10-5-6-16-11(15)17-10/h5-7,20H,8H2,1-4H3,(H2,15,16,17). The second-order valence-electron chi connectivity index (χ2n) is 5.81. The molecule has 0 unspecified atom stereocenters. The van der Waals surface area contributed by atoms with Gasteiger partial charge in [-0.15, -0.1) is 0 Å². The van der Waals surface area contributed by atoms with E-state index in [2.05, 4.69) is 22.6 Å². The molecule has 1 aliphatic rings. The number of thiol groups is 1. The molecule has 1 aromatic rings. The fourth-order valence-electron chi connectivity index (χ4n) is 1.84. The number of anilines is 1. The number of rotatable bonds is 3. The van der Waals surface area contributed by atoms with E-state index < -0.39 is 7.12 Å². The first-order valence-electron chi connectivity index (χ1n) is 6.51. The van der Waals surface area contributed by atoms with E-state index in [0.717, 1.165) is 11.2 Å². The number of hydrogen-bond acceptors (Lipinski definition) is 6. The molecule has 0 aliphatic carbocycles. The fraction of sp³-hybridized carbons (Fsp3) is 0.538. The second kappa shape index (κ2) is 5.39. The summed E-state index contributed by atoms with van der Waals surface area (Å²) in [6, 6.07) is 1.78. The molecule has 1 fully saturated rings. The molecule has 0 spiro atoms. The van der Waals surface area contributed by atoms with E-state index in [0.29, 0.717) is 5.75 Å². The van der Waals surface area contributed by atoms with Crippen LogP contribution in [0.5, 0.6) is 0 Å². The Kier molecular flexibility index (Phi) is 4.13. The van der Waals surface area contributed by atoms with E-state index in [1.165, 1.54) is 0 Å². The van der Waals surface area contributed by atoms with Crippen molar-refractivity contribution in [2.75, 3.05) is 11.5 Å². The third-order valence-electron chi connectivity index (χ3n) is 3.77. The van der Waals surface area contributed by atoms with Gasteiger partial charge >= 0.3 is 7.12 Å². The molecule has 108 valence electrons. The zero-order valence-electron chi connectivity index (χ0n) is 12.3. The van der Waals surface area contributed by atoms with Crippen molar-refractivity contribution in [3.63, 3.8) is 0 Å². The van der Waals surface area contributed by atoms with Crippen molar-refractivity contribution >= 4 is 31.8 Å². The third kappa shape index (κ3) is 3.00. The summed E-state index contributed by atoms with van der Waals surface area (Å²) in [4.78, 5) is 8.02. The molecule has 2 rings (SSSR count). The van der Waals surface area contributed by atoms with Gasteiger partial charge in [-0.3, -0.25) is 0 Å². The van der Waals surface area contributed by atoms with Gasteiger partial charge in [0, 0.05) is 11.9 Å². The highest BCUT2D eigenvalue weighted by Crippen LogP contribution is 2.38. The SMILES string of the molecule is CC1(C)OB(C(=Cc2ccnc(N)n2)CS)OC1(C)C. The predicted molar refractivity (Wildman–Crippen MR) is 84.4 cm³/mol. The van der Waals surface area contributed by atoms with Crippen molar-refractivity contribution < 1.29 is 9.31 Å². The van der Waals surface area contributed by atoms with Gasteiger partial charge in [0.1, 0.15) is 0 Å². The Hall–Kier alpha value is -1.05. The summed E-state index contributed by atoms with van der Waals surface area (Å²) >= 11 is 4.36. The number of aromatic nitrogens is 2. The summed E-state index contributed by atoms with van der Waals surface area (Å²) in [6.45, 7) is 8.08. The molecule has 20 heavy (non-hydrogen) atoms. The molecule has 0 radical (unpaired) electrons. The van der Waals surface area contributed by atoms with Crippen molar-refractivity contribution in [2.45, 2.75) is 38.9 Å². The third-order valence-corrected chi connectivity index (χ3v) is 4.13. The molecule has 0 bridgehead atoms. The predicted octanol–water partition coefficient (Wildman–Crippen LogP) is 2.00. The lowest BCUT2D eigenvalue weighted by molar-refractivity contribution is 0.00578. The Morgan fingerprint density at radius 1 is 1.35 bits per heavy atom. The summed E-state index contributed by atoms with van der Waals surface area (Å²) in [6.07, 6.45) is 3.50. The smallest absolute Gasteiger partial charge is 0.400 e. The van der Waals surface area contributed by atoms with Crippen LogP contribution in [0.25, 0.3) is 6.08 Å². The Morgan fingerprint density at radius 2 is 1.95 bits per heavy atom. The molecule has 5 nitrogen and oxygen atoms in total. The Labute approximate surface area is 125 Å². The van der Waals surface area contributed by atoms with Crippen LogP contribution >= 0.6 is 12.6 Å². The van der Waals surface area contributed by atoms with Crippen molar-refractivity contribution in [2.24, 2.45) is 0 Å². The summed E-state index contributed by atoms with van der Waals surface area (Å²) < 4.78 is 12.0. The van der Waals surface area contributed by atoms with Gasteiger partial charge in [-0.2, -0.15) is 12.6 Å². The normalized spacial score (nSPS) is 21.2. The van der Waals surface area contributed by atoms with E-state index in [-0.39, 0.29) is 17.2 Å². The fourth-order valence-corrected chi connectivity index (χ4v) is 2.08. The highest BCUT2D eigenvalue weighted by atomic mass is 32.1. The number of hydrogen-bond donors (Lipinski definition) is 2. The van der Waals surface area contributed by atoms with Crippen LogP contribution in [0.4, 0.5) is 5.95 Å². The maximum atomic E-state index is 6.01. The van der Waals surface area contributed by atoms with Gasteiger partial charge < -0.3 is 15.0 Å². The highest BCUT2D eigenvalue weighted by Gasteiger charge is 2.52. The molecule has 2 heterocycles. The average molecular weight is 293 g/mol. The zero-order chi connectivity index (χ0) is 15.0. The molecular weight excluding hydrogens is 273 g/mol. The average Bonchev–Trinajstić information content (AvgIpc) is 2.55. The Bertz CT molecular complexity index is 518. The van der Waals surface area contributed by atoms with Crippen molar-refractivity contribution in [1.82, 2.24) is 9.97 Å². The van der Waals surface area contributed by atoms with Crippen LogP contribution in [-0.2, 0) is 9.31 Å². The van der Waals surface area contributed by atoms with Crippen molar-refractivity contribution in [3.05, 3.63) is 23.4 Å². The second-order valence-corrected chi connectivity index (χ2v) is 6.12. The van der Waals surface area contributed by atoms with Gasteiger partial charge in [-0.25, -0.2) is 9.97 Å². The van der Waals surface area contributed by atoms with Crippen LogP contribution in [0.1, 0.15) is 33.4 Å². The van der Waals surface area contributed by atoms with Gasteiger partial charge in [0.05, 0.1) is 16.9 Å². The monoisotopic (exact) mass is 293 g/mol. The molecule has 2 N–H and O–H groups in total. The molecule has 0 atom stereocenters. The van der Waals surface area contributed by atoms with Gasteiger partial charge in [0.25, 0.3) is 0 Å². The van der Waals surface area contributed by atoms with Crippen LogP contribution in [0.2, 0.25) is 0 Å². The molecule has 0 amide bonds. The first-order valence-corrected chi connectivity index (χ1v) is 7.14. The van der Waals surface area contributed by atoms with Crippen LogP contribution < -0.4 is 5.73 Å². The molecular formula is C13H20BN3O2S. The van der Waals surface area contributed by atoms with Crippen LogP contribution in [-0.4, -0.2) is 34.0 Å². The maximum Gasteiger partial charge on any atom is 0.491 e. The van der Waals surface area contributed by atoms with Gasteiger partial charge in [-0.1, -0.05) is 0 Å². The molecule has 1 aromatic heterocycles. The zero-order valence-corrected chi connectivity index (χ0v) is 13.1. The summed E-state index contributed by atoms with van der Waals surface area (Å²) in [5.74, 6) is 0.756. The summed E-state index contributed by atoms with van der Waals surface area (Å²) in [7, 11) is -0.423. The molecule has 7 heteroatoms. The molecule has 1 saturated heterocycles. The first kappa shape index (κ1) is 15.3. The lowest BCUT2D eigenvalue weighted by Gasteiger charge is -2.32. The lowest BCUT2D eigenvalue weighted by atomic mass is 9.78. The van der Waals surface area contributed by atoms with Gasteiger partial charge in [-0.05, 0) is 45.3 Å². The number of nitrogen functional groups attached to an aromatic ring is 1. The maximum absolute atomic E-state index is 6.01. The Morgan fingerprint density at radius 3 is 2.45 bits per heavy atom. The van der Waals surface area contributed by atoms with Crippen molar-refractivity contribution in [1.29, 1.82) is 0 Å². The topological polar surface area (TPSA) is 70.3 Å². The van der Waals surface area contributed by atoms with Gasteiger partial charge in [0.2, 0.25) is 5.95 Å². The minimum atomic E-state index is -0.423. The molecule has 1 aliphatic heterocycles. The van der Waals surface area contributed by atoms with E-state index in [1.54, 1.807) is 12.3 Å². The van der Waals surface area contributed by atoms with Crippen LogP contribution in [0.15, 0.2) is 17.7 Å². The van der Waals surface area contributed by atoms with Crippen LogP contribution in [0.3, 0.4) is 0 Å². The van der Waals surface area contributed by atoms with Gasteiger partial charge in [0.15, 0.2) is 0 Å². The van der Waals surface area contributed by atoms with E-state index in [9.17, 15) is 0 Å². The first-order chi connectivity index (χ1) is 9.25. The summed E-state index contributed by atoms with van der Waals surface area (Å²) in [5.41, 5.74) is 6.47. The lowest BCUT2D eigenvalue weighted by Crippen LogP contribution is -2.41. The number of nitrogens with two attached hydrogens (primary N) is 1. The van der Waals surface area contributed by atoms with Crippen LogP contribution in [0, 0.1) is 0 Å². The van der Waals surface area contributed by atoms with E-state index in [1.807, 2.05) is 33.8 Å². The summed E-state index contributed by atoms with van der Waals surface area (Å²) in [5, 5.41) is 0. The number of nitrogens with zero attached hydrogens (tertiary/aromatic N) is 2. The minimum Gasteiger partial charge on any atom is -0.400 e. The Balaban J connectivity index is 2.26. The minimum absolute atomic E-state index is 0.242. The van der Waals surface area contributed by atoms with Crippen molar-refractivity contribution in [3.8, 4) is 0 Å². The molecule has 0 saturated carbocycles. The highest BCUT2D eigenvalue weighted by molar-refractivity contribution is 7.80. The van der Waals surface area contributed by atoms with E-state index >= 15 is 0 Å². The largest absolute Gasteiger partial charge is 0.491 e. The van der Waals surface area contributed by atoms with E-state index in [4.69, 9.17) is 15.0 Å².